The SMILES string of the molecule is C[C@H](NC/C=C/c1ccccc1[N+](=O)[O-])c1ccccc1. The molecule has 1 N–H and O–H groups in total. The number of rotatable bonds is 6. The molecule has 2 aromatic rings. The third-order valence-corrected chi connectivity index (χ3v) is 3.27. The maximum absolute atomic E-state index is 10.9. The Hall–Kier alpha value is -2.46. The van der Waals surface area contributed by atoms with Crippen LogP contribution in [0.25, 0.3) is 6.08 Å². The van der Waals surface area contributed by atoms with Crippen LogP contribution in [0.1, 0.15) is 24.1 Å². The van der Waals surface area contributed by atoms with Crippen molar-refractivity contribution >= 4 is 11.8 Å². The van der Waals surface area contributed by atoms with E-state index in [9.17, 15) is 10.1 Å². The fourth-order valence-electron chi connectivity index (χ4n) is 2.09. The van der Waals surface area contributed by atoms with Crippen molar-refractivity contribution in [3.8, 4) is 0 Å². The van der Waals surface area contributed by atoms with Gasteiger partial charge < -0.3 is 5.32 Å². The summed E-state index contributed by atoms with van der Waals surface area (Å²) in [7, 11) is 0. The molecule has 0 spiro atoms. The highest BCUT2D eigenvalue weighted by atomic mass is 16.6. The van der Waals surface area contributed by atoms with E-state index in [1.807, 2.05) is 24.3 Å². The molecule has 0 bridgehead atoms. The van der Waals surface area contributed by atoms with Crippen molar-refractivity contribution < 1.29 is 4.92 Å². The van der Waals surface area contributed by atoms with Crippen LogP contribution in [0.2, 0.25) is 0 Å². The quantitative estimate of drug-likeness (QED) is 0.644. The van der Waals surface area contributed by atoms with E-state index in [0.29, 0.717) is 12.1 Å². The van der Waals surface area contributed by atoms with Gasteiger partial charge in [-0.25, -0.2) is 0 Å². The number of hydrogen-bond donors (Lipinski definition) is 1. The summed E-state index contributed by atoms with van der Waals surface area (Å²) in [5.74, 6) is 0. The summed E-state index contributed by atoms with van der Waals surface area (Å²) in [5, 5.41) is 14.3. The molecule has 0 aromatic heterocycles. The Morgan fingerprint density at radius 1 is 1.14 bits per heavy atom. The zero-order chi connectivity index (χ0) is 15.1. The smallest absolute Gasteiger partial charge is 0.276 e. The van der Waals surface area contributed by atoms with Crippen molar-refractivity contribution in [2.24, 2.45) is 0 Å². The molecule has 2 rings (SSSR count). The third kappa shape index (κ3) is 4.26. The third-order valence-electron chi connectivity index (χ3n) is 3.27. The van der Waals surface area contributed by atoms with Crippen LogP contribution in [0.3, 0.4) is 0 Å². The molecule has 1 atom stereocenters. The van der Waals surface area contributed by atoms with Gasteiger partial charge in [-0.05, 0) is 18.6 Å². The van der Waals surface area contributed by atoms with Crippen LogP contribution in [0.4, 0.5) is 5.69 Å². The normalized spacial score (nSPS) is 12.4. The number of benzene rings is 2. The first-order valence-electron chi connectivity index (χ1n) is 6.87. The average Bonchev–Trinajstić information content (AvgIpc) is 2.52. The lowest BCUT2D eigenvalue weighted by Gasteiger charge is -2.12. The molecule has 0 radical (unpaired) electrons. The van der Waals surface area contributed by atoms with Gasteiger partial charge in [-0.3, -0.25) is 10.1 Å². The number of nitro groups is 1. The van der Waals surface area contributed by atoms with E-state index in [1.54, 1.807) is 24.3 Å². The van der Waals surface area contributed by atoms with E-state index in [2.05, 4.69) is 24.4 Å². The number of hydrogen-bond acceptors (Lipinski definition) is 3. The fourth-order valence-corrected chi connectivity index (χ4v) is 2.09. The molecule has 0 fully saturated rings. The first-order chi connectivity index (χ1) is 10.2. The van der Waals surface area contributed by atoms with Crippen LogP contribution in [-0.2, 0) is 0 Å². The Kier molecular flexibility index (Phi) is 5.23. The van der Waals surface area contributed by atoms with E-state index in [0.717, 1.165) is 0 Å². The lowest BCUT2D eigenvalue weighted by Crippen LogP contribution is -2.18. The molecule has 0 amide bonds. The molecule has 0 heterocycles. The molecule has 108 valence electrons. The van der Waals surface area contributed by atoms with Gasteiger partial charge >= 0.3 is 0 Å². The summed E-state index contributed by atoms with van der Waals surface area (Å²) in [6, 6.07) is 17.1. The van der Waals surface area contributed by atoms with Gasteiger partial charge in [0.05, 0.1) is 10.5 Å². The zero-order valence-corrected chi connectivity index (χ0v) is 11.9. The van der Waals surface area contributed by atoms with E-state index in [1.165, 1.54) is 11.6 Å². The van der Waals surface area contributed by atoms with Gasteiger partial charge in [-0.15, -0.1) is 0 Å². The maximum atomic E-state index is 10.9. The summed E-state index contributed by atoms with van der Waals surface area (Å²) < 4.78 is 0. The van der Waals surface area contributed by atoms with Crippen molar-refractivity contribution in [1.82, 2.24) is 5.32 Å². The van der Waals surface area contributed by atoms with Crippen molar-refractivity contribution in [3.63, 3.8) is 0 Å². The minimum absolute atomic E-state index is 0.129. The minimum Gasteiger partial charge on any atom is -0.307 e. The Morgan fingerprint density at radius 3 is 2.52 bits per heavy atom. The molecule has 0 saturated carbocycles. The van der Waals surface area contributed by atoms with Gasteiger partial charge in [0.1, 0.15) is 0 Å². The summed E-state index contributed by atoms with van der Waals surface area (Å²) in [4.78, 5) is 10.5. The summed E-state index contributed by atoms with van der Waals surface area (Å²) in [6.07, 6.45) is 3.69. The van der Waals surface area contributed by atoms with Crippen molar-refractivity contribution in [3.05, 3.63) is 81.9 Å². The molecule has 0 saturated heterocycles. The Labute approximate surface area is 124 Å². The van der Waals surface area contributed by atoms with Gasteiger partial charge in [0.25, 0.3) is 5.69 Å². The highest BCUT2D eigenvalue weighted by Crippen LogP contribution is 2.18. The lowest BCUT2D eigenvalue weighted by atomic mass is 10.1. The van der Waals surface area contributed by atoms with Crippen LogP contribution in [-0.4, -0.2) is 11.5 Å². The predicted octanol–water partition coefficient (Wildman–Crippen LogP) is 3.96. The second-order valence-corrected chi connectivity index (χ2v) is 4.76. The number of para-hydroxylation sites is 1. The molecular formula is C17H18N2O2. The Balaban J connectivity index is 1.93. The number of nitrogens with zero attached hydrogens (tertiary/aromatic N) is 1. The molecule has 0 aliphatic heterocycles. The van der Waals surface area contributed by atoms with E-state index in [4.69, 9.17) is 0 Å². The highest BCUT2D eigenvalue weighted by Gasteiger charge is 2.09. The molecule has 0 aliphatic rings. The maximum Gasteiger partial charge on any atom is 0.276 e. The Bertz CT molecular complexity index is 624. The van der Waals surface area contributed by atoms with Gasteiger partial charge in [0.2, 0.25) is 0 Å². The van der Waals surface area contributed by atoms with E-state index in [-0.39, 0.29) is 16.7 Å². The van der Waals surface area contributed by atoms with Crippen LogP contribution < -0.4 is 5.32 Å². The second kappa shape index (κ2) is 7.36. The standard InChI is InChI=1S/C17H18N2O2/c1-14(15-8-3-2-4-9-15)18-13-7-11-16-10-5-6-12-17(16)19(20)21/h2-12,14,18H,13H2,1H3/b11-7+/t14-/m0/s1. The monoisotopic (exact) mass is 282 g/mol. The number of nitro benzene ring substituents is 1. The fraction of sp³-hybridized carbons (Fsp3) is 0.176. The molecule has 4 nitrogen and oxygen atoms in total. The van der Waals surface area contributed by atoms with Gasteiger partial charge in [-0.1, -0.05) is 54.6 Å². The van der Waals surface area contributed by atoms with Crippen LogP contribution in [0, 0.1) is 10.1 Å². The molecular weight excluding hydrogens is 264 g/mol. The molecule has 4 heteroatoms. The van der Waals surface area contributed by atoms with Crippen molar-refractivity contribution in [2.75, 3.05) is 6.54 Å². The second-order valence-electron chi connectivity index (χ2n) is 4.76. The molecule has 0 aliphatic carbocycles. The van der Waals surface area contributed by atoms with Gasteiger partial charge in [0, 0.05) is 18.7 Å². The van der Waals surface area contributed by atoms with Gasteiger partial charge in [0.15, 0.2) is 0 Å². The van der Waals surface area contributed by atoms with Gasteiger partial charge in [-0.2, -0.15) is 0 Å². The predicted molar refractivity (Wildman–Crippen MR) is 85.0 cm³/mol. The summed E-state index contributed by atoms with van der Waals surface area (Å²) in [6.45, 7) is 2.75. The zero-order valence-electron chi connectivity index (χ0n) is 11.9. The van der Waals surface area contributed by atoms with Crippen LogP contribution >= 0.6 is 0 Å². The summed E-state index contributed by atoms with van der Waals surface area (Å²) >= 11 is 0. The lowest BCUT2D eigenvalue weighted by molar-refractivity contribution is -0.385. The average molecular weight is 282 g/mol. The summed E-state index contributed by atoms with van der Waals surface area (Å²) in [5.41, 5.74) is 1.97. The molecule has 0 unspecified atom stereocenters. The largest absolute Gasteiger partial charge is 0.307 e. The Morgan fingerprint density at radius 2 is 1.81 bits per heavy atom. The van der Waals surface area contributed by atoms with Crippen LogP contribution in [0.15, 0.2) is 60.7 Å². The first kappa shape index (κ1) is 14.9. The minimum atomic E-state index is -0.361. The number of nitrogens with one attached hydrogen (secondary N) is 1. The first-order valence-corrected chi connectivity index (χ1v) is 6.87. The van der Waals surface area contributed by atoms with Crippen LogP contribution in [0.5, 0.6) is 0 Å². The molecule has 21 heavy (non-hydrogen) atoms. The van der Waals surface area contributed by atoms with Crippen molar-refractivity contribution in [1.29, 1.82) is 0 Å². The van der Waals surface area contributed by atoms with E-state index < -0.39 is 0 Å². The molecule has 2 aromatic carbocycles. The topological polar surface area (TPSA) is 55.2 Å². The highest BCUT2D eigenvalue weighted by molar-refractivity contribution is 5.60. The van der Waals surface area contributed by atoms with E-state index >= 15 is 0 Å². The van der Waals surface area contributed by atoms with Crippen molar-refractivity contribution in [2.45, 2.75) is 13.0 Å².